The van der Waals surface area contributed by atoms with Gasteiger partial charge in [0.15, 0.2) is 4.96 Å². The van der Waals surface area contributed by atoms with Crippen LogP contribution in [0.25, 0.3) is 4.96 Å². The second kappa shape index (κ2) is 4.94. The quantitative estimate of drug-likeness (QED) is 0.892. The highest BCUT2D eigenvalue weighted by Crippen LogP contribution is 2.20. The van der Waals surface area contributed by atoms with E-state index in [9.17, 15) is 4.79 Å². The number of nitrogens with one attached hydrogen (secondary N) is 2. The van der Waals surface area contributed by atoms with E-state index < -0.39 is 0 Å². The van der Waals surface area contributed by atoms with Gasteiger partial charge in [-0.2, -0.15) is 0 Å². The summed E-state index contributed by atoms with van der Waals surface area (Å²) in [5.74, 6) is 0.117. The third-order valence-corrected chi connectivity index (χ3v) is 4.57. The van der Waals surface area contributed by atoms with Gasteiger partial charge in [0.1, 0.15) is 0 Å². The number of imidazole rings is 1. The number of piperidine rings is 1. The molecule has 1 aliphatic rings. The van der Waals surface area contributed by atoms with Gasteiger partial charge in [0.2, 0.25) is 5.91 Å². The van der Waals surface area contributed by atoms with E-state index in [1.807, 2.05) is 6.92 Å². The van der Waals surface area contributed by atoms with E-state index in [0.717, 1.165) is 35.7 Å². The molecule has 1 atom stereocenters. The summed E-state index contributed by atoms with van der Waals surface area (Å²) in [6.45, 7) is 5.60. The van der Waals surface area contributed by atoms with E-state index in [-0.39, 0.29) is 11.9 Å². The summed E-state index contributed by atoms with van der Waals surface area (Å²) in [7, 11) is 0. The van der Waals surface area contributed by atoms with E-state index in [4.69, 9.17) is 0 Å². The number of carbonyl (C=O) groups excluding carboxylic acids is 1. The standard InChI is InChI=1S/C13H18N4OS/c1-8-7-19-13-16-9(2)11(17(8)13)6-15-10-4-3-5-14-12(10)18/h7,10,15H,3-6H2,1-2H3,(H,14,18). The van der Waals surface area contributed by atoms with Crippen LogP contribution in [0.15, 0.2) is 5.38 Å². The van der Waals surface area contributed by atoms with Gasteiger partial charge in [-0.05, 0) is 26.7 Å². The summed E-state index contributed by atoms with van der Waals surface area (Å²) in [4.78, 5) is 17.3. The maximum absolute atomic E-state index is 11.7. The molecule has 6 heteroatoms. The maximum Gasteiger partial charge on any atom is 0.237 e. The van der Waals surface area contributed by atoms with Crippen LogP contribution in [0, 0.1) is 13.8 Å². The number of nitrogens with zero attached hydrogens (tertiary/aromatic N) is 2. The molecule has 102 valence electrons. The number of amides is 1. The highest BCUT2D eigenvalue weighted by atomic mass is 32.1. The molecule has 2 aromatic rings. The monoisotopic (exact) mass is 278 g/mol. The minimum absolute atomic E-state index is 0.0716. The van der Waals surface area contributed by atoms with E-state index in [0.29, 0.717) is 6.54 Å². The first kappa shape index (κ1) is 12.6. The molecule has 3 rings (SSSR count). The third kappa shape index (κ3) is 2.26. The Bertz CT molecular complexity index is 615. The number of fused-ring (bicyclic) bond motifs is 1. The Kier molecular flexibility index (Phi) is 3.28. The van der Waals surface area contributed by atoms with Crippen molar-refractivity contribution in [1.29, 1.82) is 0 Å². The maximum atomic E-state index is 11.7. The summed E-state index contributed by atoms with van der Waals surface area (Å²) in [6, 6.07) is -0.0716. The molecular weight excluding hydrogens is 260 g/mol. The summed E-state index contributed by atoms with van der Waals surface area (Å²) >= 11 is 1.66. The molecule has 0 aromatic carbocycles. The van der Waals surface area contributed by atoms with Crippen LogP contribution in [0.2, 0.25) is 0 Å². The summed E-state index contributed by atoms with van der Waals surface area (Å²) < 4.78 is 2.17. The van der Waals surface area contributed by atoms with E-state index in [2.05, 4.69) is 32.3 Å². The minimum atomic E-state index is -0.0716. The van der Waals surface area contributed by atoms with Gasteiger partial charge in [-0.1, -0.05) is 0 Å². The summed E-state index contributed by atoms with van der Waals surface area (Å²) in [5, 5.41) is 8.36. The zero-order chi connectivity index (χ0) is 13.4. The molecule has 2 N–H and O–H groups in total. The lowest BCUT2D eigenvalue weighted by Crippen LogP contribution is -2.48. The second-order valence-corrected chi connectivity index (χ2v) is 5.84. The van der Waals surface area contributed by atoms with Crippen LogP contribution in [0.3, 0.4) is 0 Å². The predicted molar refractivity (Wildman–Crippen MR) is 75.4 cm³/mol. The lowest BCUT2D eigenvalue weighted by Gasteiger charge is -2.22. The van der Waals surface area contributed by atoms with Crippen LogP contribution in [0.5, 0.6) is 0 Å². The zero-order valence-electron chi connectivity index (χ0n) is 11.2. The van der Waals surface area contributed by atoms with Crippen LogP contribution >= 0.6 is 11.3 Å². The van der Waals surface area contributed by atoms with E-state index in [1.54, 1.807) is 11.3 Å². The van der Waals surface area contributed by atoms with Gasteiger partial charge in [0, 0.05) is 24.2 Å². The molecule has 5 nitrogen and oxygen atoms in total. The Morgan fingerprint density at radius 2 is 2.42 bits per heavy atom. The predicted octanol–water partition coefficient (Wildman–Crippen LogP) is 1.38. The van der Waals surface area contributed by atoms with E-state index >= 15 is 0 Å². The van der Waals surface area contributed by atoms with Crippen molar-refractivity contribution in [3.8, 4) is 0 Å². The Balaban J connectivity index is 1.79. The second-order valence-electron chi connectivity index (χ2n) is 5.01. The molecule has 1 unspecified atom stereocenters. The SMILES string of the molecule is Cc1nc2scc(C)n2c1CNC1CCCNC1=O. The van der Waals surface area contributed by atoms with Gasteiger partial charge in [-0.3, -0.25) is 9.20 Å². The van der Waals surface area contributed by atoms with Crippen LogP contribution in [0.1, 0.15) is 29.9 Å². The first-order chi connectivity index (χ1) is 9.16. The van der Waals surface area contributed by atoms with Gasteiger partial charge < -0.3 is 10.6 Å². The number of carbonyl (C=O) groups is 1. The van der Waals surface area contributed by atoms with Crippen LogP contribution < -0.4 is 10.6 Å². The molecule has 1 amide bonds. The highest BCUT2D eigenvalue weighted by Gasteiger charge is 2.22. The fraction of sp³-hybridized carbons (Fsp3) is 0.538. The van der Waals surface area contributed by atoms with Crippen molar-refractivity contribution < 1.29 is 4.79 Å². The van der Waals surface area contributed by atoms with Crippen molar-refractivity contribution >= 4 is 22.2 Å². The van der Waals surface area contributed by atoms with Crippen molar-refractivity contribution in [1.82, 2.24) is 20.0 Å². The Morgan fingerprint density at radius 1 is 1.58 bits per heavy atom. The number of rotatable bonds is 3. The van der Waals surface area contributed by atoms with Gasteiger partial charge in [-0.25, -0.2) is 4.98 Å². The highest BCUT2D eigenvalue weighted by molar-refractivity contribution is 7.15. The first-order valence-corrected chi connectivity index (χ1v) is 7.48. The smallest absolute Gasteiger partial charge is 0.237 e. The molecule has 2 aromatic heterocycles. The number of aromatic nitrogens is 2. The van der Waals surface area contributed by atoms with Crippen molar-refractivity contribution in [3.63, 3.8) is 0 Å². The normalized spacial score (nSPS) is 19.9. The molecule has 0 radical (unpaired) electrons. The fourth-order valence-corrected chi connectivity index (χ4v) is 3.49. The fourth-order valence-electron chi connectivity index (χ4n) is 2.56. The molecule has 19 heavy (non-hydrogen) atoms. The van der Waals surface area contributed by atoms with Crippen molar-refractivity contribution in [2.24, 2.45) is 0 Å². The van der Waals surface area contributed by atoms with Gasteiger partial charge in [-0.15, -0.1) is 11.3 Å². The number of aryl methyl sites for hydroxylation is 2. The van der Waals surface area contributed by atoms with Crippen molar-refractivity contribution in [2.45, 2.75) is 39.3 Å². The number of hydrogen-bond acceptors (Lipinski definition) is 4. The molecule has 0 saturated carbocycles. The minimum Gasteiger partial charge on any atom is -0.355 e. The molecule has 1 aliphatic heterocycles. The molecule has 1 fully saturated rings. The summed E-state index contributed by atoms with van der Waals surface area (Å²) in [5.41, 5.74) is 3.40. The van der Waals surface area contributed by atoms with Crippen LogP contribution in [0.4, 0.5) is 0 Å². The number of hydrogen-bond donors (Lipinski definition) is 2. The molecule has 1 saturated heterocycles. The van der Waals surface area contributed by atoms with Crippen molar-refractivity contribution in [3.05, 3.63) is 22.5 Å². The van der Waals surface area contributed by atoms with Crippen LogP contribution in [-0.2, 0) is 11.3 Å². The first-order valence-electron chi connectivity index (χ1n) is 6.60. The molecule has 3 heterocycles. The Morgan fingerprint density at radius 3 is 3.21 bits per heavy atom. The largest absolute Gasteiger partial charge is 0.355 e. The topological polar surface area (TPSA) is 58.4 Å². The molecular formula is C13H18N4OS. The lowest BCUT2D eigenvalue weighted by molar-refractivity contribution is -0.124. The average Bonchev–Trinajstić information content (AvgIpc) is 2.89. The lowest BCUT2D eigenvalue weighted by atomic mass is 10.1. The molecule has 0 spiro atoms. The average molecular weight is 278 g/mol. The molecule has 0 bridgehead atoms. The van der Waals surface area contributed by atoms with Crippen LogP contribution in [-0.4, -0.2) is 27.9 Å². The van der Waals surface area contributed by atoms with Gasteiger partial charge >= 0.3 is 0 Å². The van der Waals surface area contributed by atoms with Crippen molar-refractivity contribution in [2.75, 3.05) is 6.54 Å². The molecule has 0 aliphatic carbocycles. The Hall–Kier alpha value is -1.40. The van der Waals surface area contributed by atoms with E-state index in [1.165, 1.54) is 5.69 Å². The Labute approximate surface area is 116 Å². The van der Waals surface area contributed by atoms with Gasteiger partial charge in [0.25, 0.3) is 0 Å². The number of thiazole rings is 1. The van der Waals surface area contributed by atoms with Gasteiger partial charge in [0.05, 0.1) is 17.4 Å². The third-order valence-electron chi connectivity index (χ3n) is 3.63. The zero-order valence-corrected chi connectivity index (χ0v) is 12.0. The summed E-state index contributed by atoms with van der Waals surface area (Å²) in [6.07, 6.45) is 1.96.